The molecule has 106 valence electrons. The maximum Gasteiger partial charge on any atom is 0.293 e. The van der Waals surface area contributed by atoms with Crippen LogP contribution in [0, 0.1) is 0 Å². The third kappa shape index (κ3) is 2.38. The minimum atomic E-state index is -0.0372. The zero-order valence-corrected chi connectivity index (χ0v) is 12.6. The van der Waals surface area contributed by atoms with Crippen molar-refractivity contribution < 1.29 is 0 Å². The van der Waals surface area contributed by atoms with Crippen molar-refractivity contribution in [1.82, 2.24) is 9.55 Å². The summed E-state index contributed by atoms with van der Waals surface area (Å²) in [6, 6.07) is 2.53. The molecule has 20 heavy (non-hydrogen) atoms. The summed E-state index contributed by atoms with van der Waals surface area (Å²) >= 11 is 1.81. The molecule has 1 aliphatic carbocycles. The van der Waals surface area contributed by atoms with Gasteiger partial charge < -0.3 is 9.88 Å². The van der Waals surface area contributed by atoms with Gasteiger partial charge in [0, 0.05) is 23.3 Å². The Balaban J connectivity index is 1.90. The number of rotatable bonds is 3. The van der Waals surface area contributed by atoms with Crippen LogP contribution in [0.15, 0.2) is 28.6 Å². The van der Waals surface area contributed by atoms with E-state index in [1.165, 1.54) is 10.4 Å². The predicted molar refractivity (Wildman–Crippen MR) is 82.5 cm³/mol. The molecule has 4 nitrogen and oxygen atoms in total. The van der Waals surface area contributed by atoms with E-state index in [1.807, 2.05) is 25.2 Å². The van der Waals surface area contributed by atoms with Gasteiger partial charge in [0.2, 0.25) is 0 Å². The molecule has 0 spiro atoms. The van der Waals surface area contributed by atoms with Crippen LogP contribution in [0.25, 0.3) is 0 Å². The fraction of sp³-hybridized carbons (Fsp3) is 0.467. The van der Waals surface area contributed by atoms with E-state index >= 15 is 0 Å². The number of hydrogen-bond donors (Lipinski definition) is 1. The Hall–Kier alpha value is -1.62. The number of aryl methyl sites for hydroxylation is 1. The van der Waals surface area contributed by atoms with Crippen LogP contribution < -0.4 is 10.9 Å². The predicted octanol–water partition coefficient (Wildman–Crippen LogP) is 3.38. The number of anilines is 1. The molecular weight excluding hydrogens is 270 g/mol. The van der Waals surface area contributed by atoms with Gasteiger partial charge in [0.1, 0.15) is 0 Å². The van der Waals surface area contributed by atoms with E-state index in [9.17, 15) is 4.79 Å². The number of aromatic nitrogens is 2. The maximum atomic E-state index is 12.4. The molecule has 0 aliphatic heterocycles. The van der Waals surface area contributed by atoms with Gasteiger partial charge in [0.25, 0.3) is 5.56 Å². The molecule has 2 aromatic heterocycles. The molecule has 0 saturated heterocycles. The number of fused-ring (bicyclic) bond motifs is 1. The van der Waals surface area contributed by atoms with Crippen LogP contribution in [0.2, 0.25) is 0 Å². The van der Waals surface area contributed by atoms with Crippen molar-refractivity contribution in [3.8, 4) is 0 Å². The molecule has 0 amide bonds. The number of nitrogens with one attached hydrogen (secondary N) is 1. The molecule has 5 heteroatoms. The third-order valence-corrected chi connectivity index (χ3v) is 4.78. The summed E-state index contributed by atoms with van der Waals surface area (Å²) in [5.41, 5.74) is 1.30. The molecule has 2 heterocycles. The van der Waals surface area contributed by atoms with E-state index in [0.29, 0.717) is 5.82 Å². The molecule has 3 rings (SSSR count). The van der Waals surface area contributed by atoms with E-state index in [4.69, 9.17) is 0 Å². The Morgan fingerprint density at radius 3 is 3.15 bits per heavy atom. The van der Waals surface area contributed by atoms with Gasteiger partial charge in [-0.25, -0.2) is 4.98 Å². The van der Waals surface area contributed by atoms with Gasteiger partial charge in [-0.15, -0.1) is 11.3 Å². The maximum absolute atomic E-state index is 12.4. The average molecular weight is 289 g/mol. The smallest absolute Gasteiger partial charge is 0.293 e. The lowest BCUT2D eigenvalue weighted by Crippen LogP contribution is -2.28. The first-order chi connectivity index (χ1) is 9.66. The number of hydrogen-bond acceptors (Lipinski definition) is 4. The molecule has 1 aliphatic rings. The van der Waals surface area contributed by atoms with Crippen molar-refractivity contribution in [2.75, 3.05) is 5.32 Å². The molecule has 0 saturated carbocycles. The summed E-state index contributed by atoms with van der Waals surface area (Å²) in [5.74, 6) is 0.463. The van der Waals surface area contributed by atoms with Crippen LogP contribution in [-0.4, -0.2) is 9.55 Å². The number of nitrogens with zero attached hydrogens (tertiary/aromatic N) is 2. The minimum Gasteiger partial charge on any atom is -0.359 e. The second-order valence-electron chi connectivity index (χ2n) is 5.47. The first-order valence-corrected chi connectivity index (χ1v) is 7.94. The van der Waals surface area contributed by atoms with Crippen LogP contribution in [0.3, 0.4) is 0 Å². The molecule has 2 aromatic rings. The number of thiophene rings is 1. The highest BCUT2D eigenvalue weighted by Gasteiger charge is 2.22. The summed E-state index contributed by atoms with van der Waals surface area (Å²) in [6.45, 7) is 4.01. The van der Waals surface area contributed by atoms with Gasteiger partial charge in [0.15, 0.2) is 5.82 Å². The molecule has 0 bridgehead atoms. The van der Waals surface area contributed by atoms with Crippen molar-refractivity contribution in [1.29, 1.82) is 0 Å². The first-order valence-electron chi connectivity index (χ1n) is 7.06. The molecule has 0 aromatic carbocycles. The van der Waals surface area contributed by atoms with Crippen molar-refractivity contribution in [3.63, 3.8) is 0 Å². The van der Waals surface area contributed by atoms with E-state index < -0.39 is 0 Å². The van der Waals surface area contributed by atoms with Crippen molar-refractivity contribution >= 4 is 17.2 Å². The average Bonchev–Trinajstić information content (AvgIpc) is 2.90. The Morgan fingerprint density at radius 1 is 1.50 bits per heavy atom. The Kier molecular flexibility index (Phi) is 3.61. The van der Waals surface area contributed by atoms with Crippen molar-refractivity contribution in [2.24, 2.45) is 0 Å². The van der Waals surface area contributed by atoms with Crippen molar-refractivity contribution in [2.45, 2.75) is 45.2 Å². The summed E-state index contributed by atoms with van der Waals surface area (Å²) in [5, 5.41) is 5.48. The Bertz CT molecular complexity index is 659. The van der Waals surface area contributed by atoms with E-state index in [-0.39, 0.29) is 17.6 Å². The van der Waals surface area contributed by atoms with Crippen LogP contribution in [0.4, 0.5) is 5.82 Å². The summed E-state index contributed by atoms with van der Waals surface area (Å²) < 4.78 is 1.71. The van der Waals surface area contributed by atoms with Gasteiger partial charge >= 0.3 is 0 Å². The molecule has 1 unspecified atom stereocenters. The highest BCUT2D eigenvalue weighted by atomic mass is 32.1. The highest BCUT2D eigenvalue weighted by molar-refractivity contribution is 7.10. The molecule has 0 fully saturated rings. The normalized spacial score (nSPS) is 18.1. The largest absolute Gasteiger partial charge is 0.359 e. The van der Waals surface area contributed by atoms with Crippen LogP contribution in [0.5, 0.6) is 0 Å². The van der Waals surface area contributed by atoms with E-state index in [2.05, 4.69) is 21.7 Å². The van der Waals surface area contributed by atoms with E-state index in [0.717, 1.165) is 19.3 Å². The van der Waals surface area contributed by atoms with E-state index in [1.54, 1.807) is 17.0 Å². The van der Waals surface area contributed by atoms with Crippen LogP contribution >= 0.6 is 11.3 Å². The zero-order valence-electron chi connectivity index (χ0n) is 11.8. The molecule has 1 atom stereocenters. The lowest BCUT2D eigenvalue weighted by molar-refractivity contribution is 0.568. The van der Waals surface area contributed by atoms with Gasteiger partial charge in [0.05, 0.1) is 6.04 Å². The van der Waals surface area contributed by atoms with Crippen molar-refractivity contribution in [3.05, 3.63) is 44.6 Å². The second-order valence-corrected chi connectivity index (χ2v) is 6.47. The summed E-state index contributed by atoms with van der Waals surface area (Å²) in [6.07, 6.45) is 6.82. The van der Waals surface area contributed by atoms with Gasteiger partial charge in [-0.1, -0.05) is 0 Å². The fourth-order valence-electron chi connectivity index (χ4n) is 2.73. The second kappa shape index (κ2) is 5.40. The topological polar surface area (TPSA) is 46.9 Å². The van der Waals surface area contributed by atoms with Gasteiger partial charge in [-0.05, 0) is 50.1 Å². The lowest BCUT2D eigenvalue weighted by atomic mass is 9.94. The lowest BCUT2D eigenvalue weighted by Gasteiger charge is -2.24. The summed E-state index contributed by atoms with van der Waals surface area (Å²) in [4.78, 5) is 18.0. The third-order valence-electron chi connectivity index (χ3n) is 3.79. The minimum absolute atomic E-state index is 0.0372. The van der Waals surface area contributed by atoms with Gasteiger partial charge in [-0.2, -0.15) is 0 Å². The van der Waals surface area contributed by atoms with Crippen LogP contribution in [-0.2, 0) is 6.42 Å². The zero-order chi connectivity index (χ0) is 14.1. The van der Waals surface area contributed by atoms with Gasteiger partial charge in [-0.3, -0.25) is 4.79 Å². The quantitative estimate of drug-likeness (QED) is 0.942. The summed E-state index contributed by atoms with van der Waals surface area (Å²) in [7, 11) is 0. The fourth-order valence-corrected chi connectivity index (χ4v) is 3.72. The highest BCUT2D eigenvalue weighted by Crippen LogP contribution is 2.34. The van der Waals surface area contributed by atoms with Crippen LogP contribution in [0.1, 0.15) is 49.2 Å². The first kappa shape index (κ1) is 13.4. The molecule has 0 radical (unpaired) electrons. The monoisotopic (exact) mass is 289 g/mol. The Labute approximate surface area is 122 Å². The molecule has 1 N–H and O–H groups in total. The SMILES string of the molecule is CC(C)n1ccnc(NC2CCCc3sccc32)c1=O. The molecular formula is C15H19N3OS. The standard InChI is InChI=1S/C15H19N3OS/c1-10(2)18-8-7-16-14(15(18)19)17-12-4-3-5-13-11(12)6-9-20-13/h6-10,12H,3-5H2,1-2H3,(H,16,17). The Morgan fingerprint density at radius 2 is 2.35 bits per heavy atom.